The van der Waals surface area contributed by atoms with Crippen molar-refractivity contribution in [2.45, 2.75) is 6.54 Å². The minimum Gasteiger partial charge on any atom is -0.388 e. The second-order valence-electron chi connectivity index (χ2n) is 4.78. The van der Waals surface area contributed by atoms with Gasteiger partial charge < -0.3 is 5.32 Å². The summed E-state index contributed by atoms with van der Waals surface area (Å²) in [4.78, 5) is 12.4. The van der Waals surface area contributed by atoms with Crippen molar-refractivity contribution in [2.75, 3.05) is 37.0 Å². The predicted molar refractivity (Wildman–Crippen MR) is 76.6 cm³/mol. The number of non-ortho nitro benzene ring substituents is 1. The lowest BCUT2D eigenvalue weighted by atomic mass is 10.1. The Labute approximate surface area is 117 Å². The molecule has 1 aromatic carbocycles. The van der Waals surface area contributed by atoms with Crippen LogP contribution in [0.2, 0.25) is 0 Å². The summed E-state index contributed by atoms with van der Waals surface area (Å²) in [6.07, 6.45) is 0. The SMILES string of the molecule is CNc1ccc([N+](=O)[O-])cc1CN1CCS(=O)(=O)CC1. The largest absolute Gasteiger partial charge is 0.388 e. The first-order valence-electron chi connectivity index (χ1n) is 6.29. The Morgan fingerprint density at radius 3 is 2.55 bits per heavy atom. The number of hydrogen-bond donors (Lipinski definition) is 1. The molecule has 0 aromatic heterocycles. The summed E-state index contributed by atoms with van der Waals surface area (Å²) in [7, 11) is -1.16. The Hall–Kier alpha value is -1.67. The molecule has 1 aliphatic rings. The third-order valence-corrected chi connectivity index (χ3v) is 5.01. The van der Waals surface area contributed by atoms with Gasteiger partial charge >= 0.3 is 0 Å². The van der Waals surface area contributed by atoms with Crippen molar-refractivity contribution in [3.05, 3.63) is 33.9 Å². The molecule has 0 unspecified atom stereocenters. The third-order valence-electron chi connectivity index (χ3n) is 3.40. The summed E-state index contributed by atoms with van der Waals surface area (Å²) in [5, 5.41) is 13.8. The minimum absolute atomic E-state index is 0.0450. The van der Waals surface area contributed by atoms with Crippen molar-refractivity contribution in [2.24, 2.45) is 0 Å². The molecule has 0 aliphatic carbocycles. The molecular formula is C12H17N3O4S. The van der Waals surface area contributed by atoms with Crippen LogP contribution in [-0.4, -0.2) is 49.9 Å². The summed E-state index contributed by atoms with van der Waals surface area (Å²) in [6.45, 7) is 1.44. The third kappa shape index (κ3) is 3.45. The molecule has 0 saturated carbocycles. The summed E-state index contributed by atoms with van der Waals surface area (Å²) < 4.78 is 22.8. The Balaban J connectivity index is 2.15. The van der Waals surface area contributed by atoms with E-state index in [0.717, 1.165) is 11.3 Å². The van der Waals surface area contributed by atoms with Gasteiger partial charge in [0.05, 0.1) is 16.4 Å². The zero-order valence-corrected chi connectivity index (χ0v) is 12.0. The minimum atomic E-state index is -2.91. The molecule has 0 bridgehead atoms. The Morgan fingerprint density at radius 1 is 1.35 bits per heavy atom. The van der Waals surface area contributed by atoms with Crippen LogP contribution in [0.5, 0.6) is 0 Å². The van der Waals surface area contributed by atoms with Crippen LogP contribution >= 0.6 is 0 Å². The van der Waals surface area contributed by atoms with E-state index >= 15 is 0 Å². The number of hydrogen-bond acceptors (Lipinski definition) is 6. The topological polar surface area (TPSA) is 92.6 Å². The zero-order chi connectivity index (χ0) is 14.8. The van der Waals surface area contributed by atoms with E-state index in [2.05, 4.69) is 5.32 Å². The van der Waals surface area contributed by atoms with Crippen LogP contribution in [0.3, 0.4) is 0 Å². The molecule has 1 aliphatic heterocycles. The quantitative estimate of drug-likeness (QED) is 0.655. The Morgan fingerprint density at radius 2 is 2.00 bits per heavy atom. The standard InChI is InChI=1S/C12H17N3O4S/c1-13-12-3-2-11(15(16)17)8-10(12)9-14-4-6-20(18,19)7-5-14/h2-3,8,13H,4-7,9H2,1H3. The fraction of sp³-hybridized carbons (Fsp3) is 0.500. The van der Waals surface area contributed by atoms with Crippen molar-refractivity contribution in [1.29, 1.82) is 0 Å². The first kappa shape index (κ1) is 14.7. The molecule has 1 saturated heterocycles. The first-order chi connectivity index (χ1) is 9.41. The normalized spacial score (nSPS) is 18.6. The Bertz CT molecular complexity index is 601. The van der Waals surface area contributed by atoms with E-state index in [1.54, 1.807) is 13.1 Å². The molecule has 0 amide bonds. The van der Waals surface area contributed by atoms with Crippen LogP contribution in [-0.2, 0) is 16.4 Å². The zero-order valence-electron chi connectivity index (χ0n) is 11.2. The van der Waals surface area contributed by atoms with Crippen LogP contribution < -0.4 is 5.32 Å². The molecule has 0 atom stereocenters. The summed E-state index contributed by atoms with van der Waals surface area (Å²) >= 11 is 0. The smallest absolute Gasteiger partial charge is 0.269 e. The van der Waals surface area contributed by atoms with E-state index in [-0.39, 0.29) is 17.2 Å². The lowest BCUT2D eigenvalue weighted by Crippen LogP contribution is -2.39. The van der Waals surface area contributed by atoms with Gasteiger partial charge in [-0.05, 0) is 11.6 Å². The number of sulfone groups is 1. The number of nitrogens with one attached hydrogen (secondary N) is 1. The molecule has 1 heterocycles. The van der Waals surface area contributed by atoms with Gasteiger partial charge in [0.2, 0.25) is 0 Å². The van der Waals surface area contributed by atoms with Crippen molar-refractivity contribution in [3.63, 3.8) is 0 Å². The molecular weight excluding hydrogens is 282 g/mol. The molecule has 0 spiro atoms. The van der Waals surface area contributed by atoms with E-state index in [9.17, 15) is 18.5 Å². The van der Waals surface area contributed by atoms with Crippen molar-refractivity contribution < 1.29 is 13.3 Å². The summed E-state index contributed by atoms with van der Waals surface area (Å²) in [5.41, 5.74) is 1.67. The summed E-state index contributed by atoms with van der Waals surface area (Å²) in [5.74, 6) is 0.299. The van der Waals surface area contributed by atoms with Crippen LogP contribution in [0, 0.1) is 10.1 Å². The highest BCUT2D eigenvalue weighted by molar-refractivity contribution is 7.91. The van der Waals surface area contributed by atoms with Gasteiger partial charge in [0.15, 0.2) is 9.84 Å². The Kier molecular flexibility index (Phi) is 4.24. The molecule has 7 nitrogen and oxygen atoms in total. The molecule has 110 valence electrons. The maximum Gasteiger partial charge on any atom is 0.269 e. The van der Waals surface area contributed by atoms with E-state index in [1.165, 1.54) is 12.1 Å². The number of nitrogens with zero attached hydrogens (tertiary/aromatic N) is 2. The fourth-order valence-corrected chi connectivity index (χ4v) is 3.49. The van der Waals surface area contributed by atoms with Gasteiger partial charge in [-0.2, -0.15) is 0 Å². The number of benzene rings is 1. The highest BCUT2D eigenvalue weighted by Crippen LogP contribution is 2.23. The fourth-order valence-electron chi connectivity index (χ4n) is 2.22. The molecule has 1 N–H and O–H groups in total. The van der Waals surface area contributed by atoms with Gasteiger partial charge in [0.25, 0.3) is 5.69 Å². The van der Waals surface area contributed by atoms with Gasteiger partial charge in [-0.15, -0.1) is 0 Å². The van der Waals surface area contributed by atoms with E-state index in [0.29, 0.717) is 19.6 Å². The average molecular weight is 299 g/mol. The number of nitro benzene ring substituents is 1. The predicted octanol–water partition coefficient (Wildman–Crippen LogP) is 0.867. The lowest BCUT2D eigenvalue weighted by Gasteiger charge is -2.27. The summed E-state index contributed by atoms with van der Waals surface area (Å²) in [6, 6.07) is 4.67. The van der Waals surface area contributed by atoms with Crippen LogP contribution in [0.25, 0.3) is 0 Å². The van der Waals surface area contributed by atoms with E-state index in [1.807, 2.05) is 4.90 Å². The first-order valence-corrected chi connectivity index (χ1v) is 8.11. The van der Waals surface area contributed by atoms with Crippen LogP contribution in [0.1, 0.15) is 5.56 Å². The van der Waals surface area contributed by atoms with Gasteiger partial charge in [-0.3, -0.25) is 15.0 Å². The second-order valence-corrected chi connectivity index (χ2v) is 7.08. The highest BCUT2D eigenvalue weighted by atomic mass is 32.2. The van der Waals surface area contributed by atoms with Crippen LogP contribution in [0.4, 0.5) is 11.4 Å². The van der Waals surface area contributed by atoms with Gasteiger partial charge in [0.1, 0.15) is 0 Å². The maximum absolute atomic E-state index is 11.4. The number of anilines is 1. The number of nitro groups is 1. The molecule has 20 heavy (non-hydrogen) atoms. The van der Waals surface area contributed by atoms with Gasteiger partial charge in [-0.25, -0.2) is 8.42 Å². The lowest BCUT2D eigenvalue weighted by molar-refractivity contribution is -0.384. The molecule has 1 aromatic rings. The van der Waals surface area contributed by atoms with Gasteiger partial charge in [-0.1, -0.05) is 0 Å². The van der Waals surface area contributed by atoms with Crippen molar-refractivity contribution in [3.8, 4) is 0 Å². The van der Waals surface area contributed by atoms with E-state index in [4.69, 9.17) is 0 Å². The van der Waals surface area contributed by atoms with Gasteiger partial charge in [0, 0.05) is 44.5 Å². The van der Waals surface area contributed by atoms with Crippen molar-refractivity contribution in [1.82, 2.24) is 4.90 Å². The molecule has 0 radical (unpaired) electrons. The van der Waals surface area contributed by atoms with Crippen LogP contribution in [0.15, 0.2) is 18.2 Å². The monoisotopic (exact) mass is 299 g/mol. The number of rotatable bonds is 4. The highest BCUT2D eigenvalue weighted by Gasteiger charge is 2.22. The molecule has 1 fully saturated rings. The average Bonchev–Trinajstić information content (AvgIpc) is 2.41. The molecule has 8 heteroatoms. The van der Waals surface area contributed by atoms with Crippen molar-refractivity contribution >= 4 is 21.2 Å². The second kappa shape index (κ2) is 5.76. The molecule has 2 rings (SSSR count). The van der Waals surface area contributed by atoms with E-state index < -0.39 is 14.8 Å². The maximum atomic E-state index is 11.4.